The number of aromatic nitrogens is 2. The molecule has 0 radical (unpaired) electrons. The monoisotopic (exact) mass is 285 g/mol. The van der Waals surface area contributed by atoms with Gasteiger partial charge in [-0.05, 0) is 30.2 Å². The highest BCUT2D eigenvalue weighted by Crippen LogP contribution is 2.48. The van der Waals surface area contributed by atoms with Gasteiger partial charge in [0.2, 0.25) is 0 Å². The number of ether oxygens (including phenoxy) is 1. The Morgan fingerprint density at radius 1 is 1.29 bits per heavy atom. The molecule has 1 aliphatic carbocycles. The van der Waals surface area contributed by atoms with Crippen LogP contribution >= 0.6 is 0 Å². The first-order chi connectivity index (χ1) is 10.3. The molecule has 112 valence electrons. The molecule has 2 N–H and O–H groups in total. The third-order valence-electron chi connectivity index (χ3n) is 4.39. The molecule has 1 heterocycles. The Balaban J connectivity index is 1.56. The lowest BCUT2D eigenvalue weighted by Gasteiger charge is -2.15. The van der Waals surface area contributed by atoms with Crippen LogP contribution in [-0.4, -0.2) is 30.5 Å². The summed E-state index contributed by atoms with van der Waals surface area (Å²) in [6, 6.07) is 10.4. The van der Waals surface area contributed by atoms with Crippen LogP contribution in [0.1, 0.15) is 24.8 Å². The van der Waals surface area contributed by atoms with Crippen LogP contribution < -0.4 is 5.32 Å². The highest BCUT2D eigenvalue weighted by molar-refractivity contribution is 5.62. The first kappa shape index (κ1) is 14.3. The van der Waals surface area contributed by atoms with Gasteiger partial charge in [-0.15, -0.1) is 0 Å². The molecule has 0 saturated heterocycles. The molecule has 0 bridgehead atoms. The summed E-state index contributed by atoms with van der Waals surface area (Å²) in [5, 5.41) is 10.9. The van der Waals surface area contributed by atoms with E-state index in [9.17, 15) is 0 Å². The molecule has 0 spiro atoms. The molecule has 1 saturated carbocycles. The van der Waals surface area contributed by atoms with E-state index in [0.29, 0.717) is 5.41 Å². The fourth-order valence-electron chi connectivity index (χ4n) is 2.77. The van der Waals surface area contributed by atoms with Crippen LogP contribution in [0.2, 0.25) is 0 Å². The summed E-state index contributed by atoms with van der Waals surface area (Å²) in [6.07, 6.45) is 5.72. The molecular formula is C17H23N3O. The SMILES string of the molecule is COCCC1(CNCc2cn[nH]c2-c2ccccc2)CC1. The van der Waals surface area contributed by atoms with E-state index in [2.05, 4.69) is 39.8 Å². The van der Waals surface area contributed by atoms with E-state index in [1.54, 1.807) is 7.11 Å². The normalized spacial score (nSPS) is 16.0. The predicted molar refractivity (Wildman–Crippen MR) is 83.9 cm³/mol. The van der Waals surface area contributed by atoms with E-state index in [1.807, 2.05) is 12.3 Å². The summed E-state index contributed by atoms with van der Waals surface area (Å²) < 4.78 is 5.20. The van der Waals surface area contributed by atoms with Crippen LogP contribution in [-0.2, 0) is 11.3 Å². The van der Waals surface area contributed by atoms with Crippen LogP contribution in [0.15, 0.2) is 36.5 Å². The van der Waals surface area contributed by atoms with E-state index < -0.39 is 0 Å². The summed E-state index contributed by atoms with van der Waals surface area (Å²) in [4.78, 5) is 0. The summed E-state index contributed by atoms with van der Waals surface area (Å²) >= 11 is 0. The van der Waals surface area contributed by atoms with E-state index in [-0.39, 0.29) is 0 Å². The van der Waals surface area contributed by atoms with Crippen molar-refractivity contribution in [1.29, 1.82) is 0 Å². The number of nitrogens with one attached hydrogen (secondary N) is 2. The van der Waals surface area contributed by atoms with Gasteiger partial charge < -0.3 is 10.1 Å². The minimum absolute atomic E-state index is 0.479. The maximum atomic E-state index is 5.20. The Hall–Kier alpha value is -1.65. The fraction of sp³-hybridized carbons (Fsp3) is 0.471. The van der Waals surface area contributed by atoms with Gasteiger partial charge in [0.1, 0.15) is 0 Å². The zero-order valence-corrected chi connectivity index (χ0v) is 12.6. The Morgan fingerprint density at radius 2 is 2.10 bits per heavy atom. The van der Waals surface area contributed by atoms with Crippen molar-refractivity contribution in [2.24, 2.45) is 5.41 Å². The standard InChI is InChI=1S/C17H23N3O/c1-21-10-9-17(7-8-17)13-18-11-15-12-19-20-16(15)14-5-3-2-4-6-14/h2-6,12,18H,7-11,13H2,1H3,(H,19,20). The zero-order chi connectivity index (χ0) is 14.5. The topological polar surface area (TPSA) is 49.9 Å². The van der Waals surface area contributed by atoms with Gasteiger partial charge in [0, 0.05) is 32.4 Å². The van der Waals surface area contributed by atoms with Crippen molar-refractivity contribution < 1.29 is 4.74 Å². The zero-order valence-electron chi connectivity index (χ0n) is 12.6. The summed E-state index contributed by atoms with van der Waals surface area (Å²) in [7, 11) is 1.78. The first-order valence-electron chi connectivity index (χ1n) is 7.60. The summed E-state index contributed by atoms with van der Waals surface area (Å²) in [5.41, 5.74) is 4.01. The van der Waals surface area contributed by atoms with Gasteiger partial charge >= 0.3 is 0 Å². The lowest BCUT2D eigenvalue weighted by molar-refractivity contribution is 0.171. The van der Waals surface area contributed by atoms with Crippen molar-refractivity contribution in [3.8, 4) is 11.3 Å². The van der Waals surface area contributed by atoms with E-state index in [1.165, 1.54) is 24.0 Å². The van der Waals surface area contributed by atoms with Crippen molar-refractivity contribution in [3.63, 3.8) is 0 Å². The second kappa shape index (κ2) is 6.41. The Bertz CT molecular complexity index is 560. The van der Waals surface area contributed by atoms with Gasteiger partial charge in [0.05, 0.1) is 11.9 Å². The number of methoxy groups -OCH3 is 1. The number of hydrogen-bond acceptors (Lipinski definition) is 3. The summed E-state index contributed by atoms with van der Waals surface area (Å²) in [5.74, 6) is 0. The van der Waals surface area contributed by atoms with Crippen LogP contribution in [0.25, 0.3) is 11.3 Å². The lowest BCUT2D eigenvalue weighted by Crippen LogP contribution is -2.24. The number of hydrogen-bond donors (Lipinski definition) is 2. The molecule has 3 rings (SSSR count). The Labute approximate surface area is 125 Å². The minimum Gasteiger partial charge on any atom is -0.385 e. The smallest absolute Gasteiger partial charge is 0.0695 e. The number of aromatic amines is 1. The van der Waals surface area contributed by atoms with Crippen LogP contribution in [0.4, 0.5) is 0 Å². The van der Waals surface area contributed by atoms with Crippen LogP contribution in [0.3, 0.4) is 0 Å². The highest BCUT2D eigenvalue weighted by atomic mass is 16.5. The fourth-order valence-corrected chi connectivity index (χ4v) is 2.77. The molecule has 4 heteroatoms. The largest absolute Gasteiger partial charge is 0.385 e. The Kier molecular flexibility index (Phi) is 4.36. The molecule has 0 atom stereocenters. The molecule has 2 aromatic rings. The molecule has 1 aromatic carbocycles. The molecule has 1 aromatic heterocycles. The van der Waals surface area contributed by atoms with Gasteiger partial charge in [0.25, 0.3) is 0 Å². The van der Waals surface area contributed by atoms with E-state index >= 15 is 0 Å². The minimum atomic E-state index is 0.479. The van der Waals surface area contributed by atoms with Crippen molar-refractivity contribution in [2.75, 3.05) is 20.3 Å². The number of rotatable bonds is 8. The maximum absolute atomic E-state index is 5.20. The van der Waals surface area contributed by atoms with Crippen molar-refractivity contribution in [2.45, 2.75) is 25.8 Å². The van der Waals surface area contributed by atoms with Gasteiger partial charge in [0.15, 0.2) is 0 Å². The number of benzene rings is 1. The molecular weight excluding hydrogens is 262 g/mol. The van der Waals surface area contributed by atoms with Gasteiger partial charge in [-0.2, -0.15) is 5.10 Å². The van der Waals surface area contributed by atoms with Gasteiger partial charge in [-0.25, -0.2) is 0 Å². The average molecular weight is 285 g/mol. The van der Waals surface area contributed by atoms with Crippen molar-refractivity contribution in [3.05, 3.63) is 42.1 Å². The van der Waals surface area contributed by atoms with Crippen LogP contribution in [0, 0.1) is 5.41 Å². The molecule has 0 unspecified atom stereocenters. The second-order valence-electron chi connectivity index (χ2n) is 5.98. The van der Waals surface area contributed by atoms with Crippen molar-refractivity contribution in [1.82, 2.24) is 15.5 Å². The van der Waals surface area contributed by atoms with Crippen molar-refractivity contribution >= 4 is 0 Å². The quantitative estimate of drug-likeness (QED) is 0.784. The molecule has 0 amide bonds. The molecule has 1 fully saturated rings. The lowest BCUT2D eigenvalue weighted by atomic mass is 10.0. The van der Waals surface area contributed by atoms with Gasteiger partial charge in [-0.1, -0.05) is 30.3 Å². The van der Waals surface area contributed by atoms with E-state index in [0.717, 1.165) is 31.8 Å². The first-order valence-corrected chi connectivity index (χ1v) is 7.60. The molecule has 1 aliphatic rings. The maximum Gasteiger partial charge on any atom is 0.0695 e. The van der Waals surface area contributed by atoms with Gasteiger partial charge in [-0.3, -0.25) is 5.10 Å². The number of nitrogens with zero attached hydrogens (tertiary/aromatic N) is 1. The Morgan fingerprint density at radius 3 is 2.81 bits per heavy atom. The molecule has 21 heavy (non-hydrogen) atoms. The molecule has 4 nitrogen and oxygen atoms in total. The third kappa shape index (κ3) is 3.52. The summed E-state index contributed by atoms with van der Waals surface area (Å²) in [6.45, 7) is 2.79. The second-order valence-corrected chi connectivity index (χ2v) is 5.98. The predicted octanol–water partition coefficient (Wildman–Crippen LogP) is 2.98. The third-order valence-corrected chi connectivity index (χ3v) is 4.39. The average Bonchev–Trinajstić information content (AvgIpc) is 3.14. The molecule has 0 aliphatic heterocycles. The number of H-pyrrole nitrogens is 1. The van der Waals surface area contributed by atoms with Crippen LogP contribution in [0.5, 0.6) is 0 Å². The van der Waals surface area contributed by atoms with E-state index in [4.69, 9.17) is 4.74 Å². The highest BCUT2D eigenvalue weighted by Gasteiger charge is 2.41.